The van der Waals surface area contributed by atoms with E-state index in [4.69, 9.17) is 14.7 Å². The van der Waals surface area contributed by atoms with Crippen molar-refractivity contribution in [1.82, 2.24) is 30.2 Å². The van der Waals surface area contributed by atoms with E-state index in [0.29, 0.717) is 56.5 Å². The monoisotopic (exact) mass is 502 g/mol. The van der Waals surface area contributed by atoms with Gasteiger partial charge in [0, 0.05) is 48.8 Å². The third-order valence-corrected chi connectivity index (χ3v) is 6.49. The number of carbonyl (C=O) groups is 2. The SMILES string of the molecule is CCNC(=O)Nc1ccc(-c2nc3c(c(N4CCOCC4C)n2)CCN(C(=O)c2cnccn2)C3)cc1. The van der Waals surface area contributed by atoms with Gasteiger partial charge in [-0.25, -0.2) is 19.7 Å². The minimum atomic E-state index is -0.253. The second kappa shape index (κ2) is 10.9. The number of fused-ring (bicyclic) bond motifs is 1. The van der Waals surface area contributed by atoms with E-state index in [1.54, 1.807) is 11.1 Å². The molecule has 192 valence electrons. The van der Waals surface area contributed by atoms with E-state index in [1.165, 1.54) is 12.4 Å². The Balaban J connectivity index is 1.48. The van der Waals surface area contributed by atoms with Crippen LogP contribution in [-0.4, -0.2) is 75.7 Å². The lowest BCUT2D eigenvalue weighted by molar-refractivity contribution is 0.0725. The number of anilines is 2. The molecule has 1 aromatic carbocycles. The highest BCUT2D eigenvalue weighted by atomic mass is 16.5. The van der Waals surface area contributed by atoms with Crippen molar-refractivity contribution in [2.45, 2.75) is 32.9 Å². The lowest BCUT2D eigenvalue weighted by Crippen LogP contribution is -2.46. The van der Waals surface area contributed by atoms with E-state index in [2.05, 4.69) is 32.4 Å². The van der Waals surface area contributed by atoms with Crippen LogP contribution in [-0.2, 0) is 17.7 Å². The number of amides is 3. The first-order valence-electron chi connectivity index (χ1n) is 12.5. The van der Waals surface area contributed by atoms with Crippen molar-refractivity contribution < 1.29 is 14.3 Å². The number of rotatable bonds is 5. The maximum atomic E-state index is 13.1. The van der Waals surface area contributed by atoms with Gasteiger partial charge in [-0.3, -0.25) is 9.78 Å². The lowest BCUT2D eigenvalue weighted by Gasteiger charge is -2.37. The molecule has 3 aromatic rings. The molecule has 2 N–H and O–H groups in total. The maximum Gasteiger partial charge on any atom is 0.319 e. The van der Waals surface area contributed by atoms with Crippen LogP contribution in [0.4, 0.5) is 16.3 Å². The van der Waals surface area contributed by atoms with Gasteiger partial charge in [-0.1, -0.05) is 0 Å². The van der Waals surface area contributed by atoms with Crippen molar-refractivity contribution in [1.29, 1.82) is 0 Å². The normalized spacial score (nSPS) is 17.2. The van der Waals surface area contributed by atoms with Crippen LogP contribution in [0.5, 0.6) is 0 Å². The van der Waals surface area contributed by atoms with Crippen LogP contribution < -0.4 is 15.5 Å². The average Bonchev–Trinajstić information content (AvgIpc) is 2.93. The highest BCUT2D eigenvalue weighted by molar-refractivity contribution is 5.92. The van der Waals surface area contributed by atoms with Crippen molar-refractivity contribution in [2.75, 3.05) is 43.1 Å². The van der Waals surface area contributed by atoms with E-state index in [0.717, 1.165) is 29.2 Å². The van der Waals surface area contributed by atoms with Gasteiger partial charge in [0.1, 0.15) is 11.5 Å². The Labute approximate surface area is 215 Å². The van der Waals surface area contributed by atoms with Crippen molar-refractivity contribution >= 4 is 23.4 Å². The number of nitrogens with one attached hydrogen (secondary N) is 2. The number of aromatic nitrogens is 4. The fourth-order valence-electron chi connectivity index (χ4n) is 4.60. The summed E-state index contributed by atoms with van der Waals surface area (Å²) in [6.45, 7) is 7.46. The fourth-order valence-corrected chi connectivity index (χ4v) is 4.60. The molecule has 3 amide bonds. The molecule has 1 unspecified atom stereocenters. The fraction of sp³-hybridized carbons (Fsp3) is 0.385. The van der Waals surface area contributed by atoms with Crippen molar-refractivity contribution in [3.8, 4) is 11.4 Å². The minimum Gasteiger partial charge on any atom is -0.377 e. The van der Waals surface area contributed by atoms with Crippen LogP contribution >= 0.6 is 0 Å². The predicted octanol–water partition coefficient (Wildman–Crippen LogP) is 2.50. The van der Waals surface area contributed by atoms with Gasteiger partial charge in [0.05, 0.1) is 37.7 Å². The summed E-state index contributed by atoms with van der Waals surface area (Å²) in [7, 11) is 0. The number of hydrogen-bond donors (Lipinski definition) is 2. The number of ether oxygens (including phenoxy) is 1. The molecule has 1 saturated heterocycles. The summed E-state index contributed by atoms with van der Waals surface area (Å²) >= 11 is 0. The summed E-state index contributed by atoms with van der Waals surface area (Å²) in [6.07, 6.45) is 5.21. The van der Waals surface area contributed by atoms with Crippen LogP contribution in [0.25, 0.3) is 11.4 Å². The number of carbonyl (C=O) groups excluding carboxylic acids is 2. The summed E-state index contributed by atoms with van der Waals surface area (Å²) in [5.74, 6) is 1.30. The van der Waals surface area contributed by atoms with Crippen LogP contribution in [0.15, 0.2) is 42.9 Å². The Morgan fingerprint density at radius 2 is 1.97 bits per heavy atom. The van der Waals surface area contributed by atoms with Gasteiger partial charge in [0.25, 0.3) is 5.91 Å². The molecule has 1 fully saturated rings. The van der Waals surface area contributed by atoms with Gasteiger partial charge in [0.15, 0.2) is 5.82 Å². The first kappa shape index (κ1) is 24.6. The zero-order chi connectivity index (χ0) is 25.8. The number of nitrogens with zero attached hydrogens (tertiary/aromatic N) is 6. The quantitative estimate of drug-likeness (QED) is 0.545. The molecule has 2 aliphatic rings. The van der Waals surface area contributed by atoms with Crippen molar-refractivity contribution in [3.05, 3.63) is 59.8 Å². The Bertz CT molecular complexity index is 1270. The number of urea groups is 1. The van der Waals surface area contributed by atoms with Crippen molar-refractivity contribution in [3.63, 3.8) is 0 Å². The molecule has 11 heteroatoms. The largest absolute Gasteiger partial charge is 0.377 e. The maximum absolute atomic E-state index is 13.1. The van der Waals surface area contributed by atoms with Gasteiger partial charge in [-0.15, -0.1) is 0 Å². The highest BCUT2D eigenvalue weighted by Gasteiger charge is 2.31. The van der Waals surface area contributed by atoms with E-state index in [-0.39, 0.29) is 18.0 Å². The molecule has 0 saturated carbocycles. The molecule has 0 aliphatic carbocycles. The molecule has 5 rings (SSSR count). The third kappa shape index (κ3) is 5.36. The van der Waals surface area contributed by atoms with Crippen LogP contribution in [0, 0.1) is 0 Å². The van der Waals surface area contributed by atoms with Crippen LogP contribution in [0.1, 0.15) is 35.6 Å². The molecule has 2 aliphatic heterocycles. The zero-order valence-electron chi connectivity index (χ0n) is 21.0. The van der Waals surface area contributed by atoms with E-state index >= 15 is 0 Å². The molecule has 2 aromatic heterocycles. The molecule has 11 nitrogen and oxygen atoms in total. The molecular weight excluding hydrogens is 472 g/mol. The molecular formula is C26H30N8O3. The van der Waals surface area contributed by atoms with E-state index in [9.17, 15) is 9.59 Å². The Hall–Kier alpha value is -4.12. The van der Waals surface area contributed by atoms with Crippen LogP contribution in [0.2, 0.25) is 0 Å². The smallest absolute Gasteiger partial charge is 0.319 e. The summed E-state index contributed by atoms with van der Waals surface area (Å²) in [5, 5.41) is 5.52. The summed E-state index contributed by atoms with van der Waals surface area (Å²) in [6, 6.07) is 7.35. The number of morpholine rings is 1. The van der Waals surface area contributed by atoms with Gasteiger partial charge < -0.3 is 25.2 Å². The van der Waals surface area contributed by atoms with Gasteiger partial charge in [0.2, 0.25) is 0 Å². The van der Waals surface area contributed by atoms with Gasteiger partial charge in [-0.05, 0) is 44.5 Å². The number of benzene rings is 1. The van der Waals surface area contributed by atoms with Gasteiger partial charge in [-0.2, -0.15) is 0 Å². The Morgan fingerprint density at radius 3 is 2.70 bits per heavy atom. The molecule has 37 heavy (non-hydrogen) atoms. The second-order valence-corrected chi connectivity index (χ2v) is 9.04. The molecule has 0 bridgehead atoms. The Morgan fingerprint density at radius 1 is 1.14 bits per heavy atom. The van der Waals surface area contributed by atoms with E-state index in [1.807, 2.05) is 31.2 Å². The van der Waals surface area contributed by atoms with Crippen LogP contribution in [0.3, 0.4) is 0 Å². The minimum absolute atomic E-state index is 0.166. The molecule has 0 spiro atoms. The lowest BCUT2D eigenvalue weighted by atomic mass is 10.0. The highest BCUT2D eigenvalue weighted by Crippen LogP contribution is 2.32. The topological polar surface area (TPSA) is 125 Å². The first-order chi connectivity index (χ1) is 18.0. The van der Waals surface area contributed by atoms with E-state index < -0.39 is 0 Å². The standard InChI is InChI=1S/C26H30N8O3/c1-3-28-26(36)30-19-6-4-18(5-7-19)23-31-22-15-33(25(35)21-14-27-9-10-29-21)11-8-20(22)24(32-23)34-12-13-37-16-17(34)2/h4-7,9-10,14,17H,3,8,11-13,15-16H2,1-2H3,(H2,28,30,36). The summed E-state index contributed by atoms with van der Waals surface area (Å²) < 4.78 is 5.66. The van der Waals surface area contributed by atoms with Gasteiger partial charge >= 0.3 is 6.03 Å². The second-order valence-electron chi connectivity index (χ2n) is 9.04. The zero-order valence-corrected chi connectivity index (χ0v) is 21.0. The summed E-state index contributed by atoms with van der Waals surface area (Å²) in [4.78, 5) is 47.1. The molecule has 1 atom stereocenters. The first-order valence-corrected chi connectivity index (χ1v) is 12.5. The summed E-state index contributed by atoms with van der Waals surface area (Å²) in [5.41, 5.74) is 3.71. The molecule has 4 heterocycles. The number of hydrogen-bond acceptors (Lipinski definition) is 8. The predicted molar refractivity (Wildman–Crippen MR) is 138 cm³/mol. The molecule has 0 radical (unpaired) electrons. The third-order valence-electron chi connectivity index (χ3n) is 6.49. The Kier molecular flexibility index (Phi) is 7.22. The average molecular weight is 503 g/mol. The van der Waals surface area contributed by atoms with Crippen molar-refractivity contribution in [2.24, 2.45) is 0 Å².